The van der Waals surface area contributed by atoms with Crippen LogP contribution in [0.3, 0.4) is 0 Å². The Morgan fingerprint density at radius 1 is 0.968 bits per heavy atom. The van der Waals surface area contributed by atoms with Crippen molar-refractivity contribution >= 4 is 29.0 Å². The van der Waals surface area contributed by atoms with Gasteiger partial charge in [0.15, 0.2) is 11.6 Å². The van der Waals surface area contributed by atoms with Crippen LogP contribution in [0.25, 0.3) is 11.4 Å². The van der Waals surface area contributed by atoms with Crippen molar-refractivity contribution in [3.63, 3.8) is 0 Å². The first kappa shape index (κ1) is 19.4. The number of fused-ring (bicyclic) bond motifs is 2. The van der Waals surface area contributed by atoms with Crippen LogP contribution < -0.4 is 9.80 Å². The van der Waals surface area contributed by atoms with E-state index in [0.29, 0.717) is 28.6 Å². The summed E-state index contributed by atoms with van der Waals surface area (Å²) in [6.07, 6.45) is 3.73. The Hall–Kier alpha value is -3.58. The minimum Gasteiger partial charge on any atom is -0.309 e. The van der Waals surface area contributed by atoms with Gasteiger partial charge in [-0.3, -0.25) is 19.4 Å². The van der Waals surface area contributed by atoms with Crippen molar-refractivity contribution in [2.24, 2.45) is 0 Å². The van der Waals surface area contributed by atoms with E-state index < -0.39 is 0 Å². The highest BCUT2D eigenvalue weighted by molar-refractivity contribution is 6.18. The molecule has 5 rings (SSSR count). The van der Waals surface area contributed by atoms with Crippen LogP contribution >= 0.6 is 0 Å². The Kier molecular flexibility index (Phi) is 4.95. The van der Waals surface area contributed by atoms with Crippen LogP contribution in [0.4, 0.5) is 17.2 Å². The second kappa shape index (κ2) is 7.92. The summed E-state index contributed by atoms with van der Waals surface area (Å²) in [6, 6.07) is 17.0. The maximum absolute atomic E-state index is 13.6. The van der Waals surface area contributed by atoms with Crippen LogP contribution in [0, 0.1) is 0 Å². The molecule has 3 heterocycles. The molecule has 0 atom stereocenters. The molecule has 0 N–H and O–H groups in total. The van der Waals surface area contributed by atoms with Crippen LogP contribution in [0.5, 0.6) is 0 Å². The van der Waals surface area contributed by atoms with Crippen LogP contribution in [0.2, 0.25) is 0 Å². The average Bonchev–Trinajstić information content (AvgIpc) is 3.29. The van der Waals surface area contributed by atoms with Gasteiger partial charge in [0.05, 0.1) is 17.9 Å². The van der Waals surface area contributed by atoms with Crippen LogP contribution in [-0.4, -0.2) is 53.4 Å². The average molecular weight is 413 g/mol. The highest BCUT2D eigenvalue weighted by Gasteiger charge is 2.34. The number of amides is 2. The molecule has 2 aliphatic rings. The van der Waals surface area contributed by atoms with Crippen LogP contribution in [-0.2, 0) is 4.79 Å². The topological polar surface area (TPSA) is 69.6 Å². The lowest BCUT2D eigenvalue weighted by atomic mass is 10.2. The maximum atomic E-state index is 13.6. The van der Waals surface area contributed by atoms with Gasteiger partial charge < -0.3 is 4.90 Å². The smallest absolute Gasteiger partial charge is 0.263 e. The van der Waals surface area contributed by atoms with E-state index in [9.17, 15) is 9.59 Å². The quantitative estimate of drug-likeness (QED) is 0.657. The van der Waals surface area contributed by atoms with Crippen molar-refractivity contribution in [1.29, 1.82) is 0 Å². The third-order valence-electron chi connectivity index (χ3n) is 5.84. The molecule has 2 amide bonds. The predicted molar refractivity (Wildman–Crippen MR) is 119 cm³/mol. The fourth-order valence-corrected chi connectivity index (χ4v) is 4.22. The number of anilines is 3. The lowest BCUT2D eigenvalue weighted by Gasteiger charge is -2.26. The lowest BCUT2D eigenvalue weighted by Crippen LogP contribution is -2.37. The van der Waals surface area contributed by atoms with E-state index in [-0.39, 0.29) is 18.4 Å². The van der Waals surface area contributed by atoms with Gasteiger partial charge in [-0.15, -0.1) is 0 Å². The summed E-state index contributed by atoms with van der Waals surface area (Å²) in [6.45, 7) is 2.11. The number of carbonyl (C=O) groups is 2. The van der Waals surface area contributed by atoms with Crippen LogP contribution in [0.1, 0.15) is 23.2 Å². The Bertz CT molecular complexity index is 1140. The molecule has 0 spiro atoms. The van der Waals surface area contributed by atoms with E-state index in [4.69, 9.17) is 4.98 Å². The van der Waals surface area contributed by atoms with Gasteiger partial charge >= 0.3 is 0 Å². The molecule has 31 heavy (non-hydrogen) atoms. The molecular weight excluding hydrogens is 390 g/mol. The van der Waals surface area contributed by atoms with E-state index in [0.717, 1.165) is 31.5 Å². The number of rotatable bonds is 3. The number of hydrogen-bond acceptors (Lipinski definition) is 5. The standard InChI is InChI=1S/C24H23N5O2/c1-27-19-11-5-6-12-20(19)29(21(30)16-28-13-7-8-14-28)23-18(24(27)31)15-25-22(26-23)17-9-3-2-4-10-17/h2-6,9-12,15H,7-8,13-14,16H2,1H3. The van der Waals surface area contributed by atoms with E-state index in [2.05, 4.69) is 9.88 Å². The monoisotopic (exact) mass is 413 g/mol. The SMILES string of the molecule is CN1C(=O)c2cnc(-c3ccccc3)nc2N(C(=O)CN2CCCC2)c2ccccc21. The van der Waals surface area contributed by atoms with E-state index in [1.165, 1.54) is 6.20 Å². The zero-order valence-electron chi connectivity index (χ0n) is 17.4. The van der Waals surface area contributed by atoms with Gasteiger partial charge in [0, 0.05) is 18.8 Å². The van der Waals surface area contributed by atoms with Gasteiger partial charge in [-0.05, 0) is 38.1 Å². The minimum atomic E-state index is -0.237. The summed E-state index contributed by atoms with van der Waals surface area (Å²) in [5, 5.41) is 0. The first-order valence-electron chi connectivity index (χ1n) is 10.5. The molecule has 0 saturated carbocycles. The van der Waals surface area contributed by atoms with Crippen molar-refractivity contribution in [3.05, 3.63) is 66.4 Å². The molecule has 0 radical (unpaired) electrons. The largest absolute Gasteiger partial charge is 0.309 e. The molecule has 7 nitrogen and oxygen atoms in total. The third-order valence-corrected chi connectivity index (χ3v) is 5.84. The summed E-state index contributed by atoms with van der Waals surface area (Å²) in [4.78, 5) is 41.3. The molecule has 1 saturated heterocycles. The second-order valence-electron chi connectivity index (χ2n) is 7.86. The number of para-hydroxylation sites is 2. The van der Waals surface area contributed by atoms with Gasteiger partial charge in [0.2, 0.25) is 5.91 Å². The number of likely N-dealkylation sites (tertiary alicyclic amines) is 1. The molecule has 1 aromatic heterocycles. The summed E-state index contributed by atoms with van der Waals surface area (Å²) in [5.41, 5.74) is 2.46. The second-order valence-corrected chi connectivity index (χ2v) is 7.86. The van der Waals surface area contributed by atoms with Gasteiger partial charge in [0.25, 0.3) is 5.91 Å². The first-order valence-corrected chi connectivity index (χ1v) is 10.5. The highest BCUT2D eigenvalue weighted by atomic mass is 16.2. The van der Waals surface area contributed by atoms with E-state index in [1.807, 2.05) is 54.6 Å². The number of aromatic nitrogens is 2. The van der Waals surface area contributed by atoms with Crippen molar-refractivity contribution < 1.29 is 9.59 Å². The Labute approximate surface area is 180 Å². The molecule has 2 aromatic carbocycles. The number of hydrogen-bond donors (Lipinski definition) is 0. The molecule has 156 valence electrons. The highest BCUT2D eigenvalue weighted by Crippen LogP contribution is 2.39. The summed E-state index contributed by atoms with van der Waals surface area (Å²) in [7, 11) is 1.71. The summed E-state index contributed by atoms with van der Waals surface area (Å²) in [5.74, 6) is 0.475. The molecule has 3 aromatic rings. The van der Waals surface area contributed by atoms with Gasteiger partial charge in [-0.2, -0.15) is 0 Å². The fourth-order valence-electron chi connectivity index (χ4n) is 4.22. The molecule has 7 heteroatoms. The van der Waals surface area contributed by atoms with Crippen molar-refractivity contribution in [2.45, 2.75) is 12.8 Å². The zero-order valence-corrected chi connectivity index (χ0v) is 17.4. The normalized spacial score (nSPS) is 16.1. The minimum absolute atomic E-state index is 0.101. The lowest BCUT2D eigenvalue weighted by molar-refractivity contribution is -0.118. The summed E-state index contributed by atoms with van der Waals surface area (Å²) >= 11 is 0. The van der Waals surface area contributed by atoms with Crippen LogP contribution in [0.15, 0.2) is 60.8 Å². The number of carbonyl (C=O) groups excluding carboxylic acids is 2. The molecule has 0 aliphatic carbocycles. The molecule has 0 bridgehead atoms. The Morgan fingerprint density at radius 2 is 1.65 bits per heavy atom. The van der Waals surface area contributed by atoms with Crippen molar-refractivity contribution in [1.82, 2.24) is 14.9 Å². The predicted octanol–water partition coefficient (Wildman–Crippen LogP) is 3.49. The third kappa shape index (κ3) is 3.47. The first-order chi connectivity index (χ1) is 15.1. The van der Waals surface area contributed by atoms with Gasteiger partial charge in [-0.1, -0.05) is 42.5 Å². The van der Waals surface area contributed by atoms with Crippen molar-refractivity contribution in [2.75, 3.05) is 36.5 Å². The number of nitrogens with zero attached hydrogens (tertiary/aromatic N) is 5. The number of benzene rings is 2. The van der Waals surface area contributed by atoms with E-state index >= 15 is 0 Å². The maximum Gasteiger partial charge on any atom is 0.263 e. The molecule has 0 unspecified atom stereocenters. The Balaban J connectivity index is 1.68. The zero-order chi connectivity index (χ0) is 21.4. The van der Waals surface area contributed by atoms with E-state index in [1.54, 1.807) is 16.8 Å². The molecule has 2 aliphatic heterocycles. The van der Waals surface area contributed by atoms with Crippen molar-refractivity contribution in [3.8, 4) is 11.4 Å². The fraction of sp³-hybridized carbons (Fsp3) is 0.250. The molecular formula is C24H23N5O2. The summed E-state index contributed by atoms with van der Waals surface area (Å²) < 4.78 is 0. The Morgan fingerprint density at radius 3 is 2.39 bits per heavy atom. The van der Waals surface area contributed by atoms with Gasteiger partial charge in [-0.25, -0.2) is 9.97 Å². The van der Waals surface area contributed by atoms with Gasteiger partial charge in [0.1, 0.15) is 5.56 Å². The molecule has 1 fully saturated rings.